The van der Waals surface area contributed by atoms with Crippen molar-refractivity contribution in [3.8, 4) is 5.75 Å². The number of hydrogen-bond donors (Lipinski definition) is 0. The van der Waals surface area contributed by atoms with Gasteiger partial charge < -0.3 is 27.5 Å². The second-order valence-electron chi connectivity index (χ2n) is 19.1. The first-order chi connectivity index (χ1) is 24.7. The highest BCUT2D eigenvalue weighted by Crippen LogP contribution is 2.53. The van der Waals surface area contributed by atoms with Crippen LogP contribution in [0.4, 0.5) is 0 Å². The van der Waals surface area contributed by atoms with Gasteiger partial charge in [0.1, 0.15) is 30.1 Å². The van der Waals surface area contributed by atoms with Crippen molar-refractivity contribution in [2.45, 2.75) is 181 Å². The van der Waals surface area contributed by atoms with Crippen molar-refractivity contribution in [1.82, 2.24) is 0 Å². The Morgan fingerprint density at radius 1 is 0.943 bits per heavy atom. The van der Waals surface area contributed by atoms with E-state index >= 15 is 0 Å². The van der Waals surface area contributed by atoms with E-state index in [9.17, 15) is 4.79 Å². The van der Waals surface area contributed by atoms with Crippen molar-refractivity contribution in [2.75, 3.05) is 0 Å². The van der Waals surface area contributed by atoms with Crippen LogP contribution in [0.15, 0.2) is 47.1 Å². The summed E-state index contributed by atoms with van der Waals surface area (Å²) in [4.78, 5) is 14.1. The second-order valence-corrected chi connectivity index (χ2v) is 28.6. The van der Waals surface area contributed by atoms with Crippen LogP contribution < -0.4 is 4.74 Å². The zero-order valence-electron chi connectivity index (χ0n) is 35.2. The minimum Gasteiger partial charge on any atom is -0.488 e. The molecule has 294 valence electrons. The maximum atomic E-state index is 14.1. The lowest BCUT2D eigenvalue weighted by molar-refractivity contribution is -0.173. The average molecular weight is 765 g/mol. The summed E-state index contributed by atoms with van der Waals surface area (Å²) in [5.41, 5.74) is 4.05. The van der Waals surface area contributed by atoms with Crippen molar-refractivity contribution >= 4 is 33.6 Å². The molecular formula is C44H68O7Si2. The van der Waals surface area contributed by atoms with E-state index in [-0.39, 0.29) is 40.3 Å². The average Bonchev–Trinajstić information content (AvgIpc) is 3.66. The van der Waals surface area contributed by atoms with Crippen LogP contribution in [0, 0.1) is 5.92 Å². The van der Waals surface area contributed by atoms with Crippen LogP contribution in [-0.4, -0.2) is 46.5 Å². The van der Waals surface area contributed by atoms with Crippen LogP contribution in [0.5, 0.6) is 5.75 Å². The zero-order valence-corrected chi connectivity index (χ0v) is 37.2. The predicted octanol–water partition coefficient (Wildman–Crippen LogP) is 11.9. The van der Waals surface area contributed by atoms with Crippen LogP contribution in [-0.2, 0) is 42.8 Å². The fraction of sp³-hybridized carbons (Fsp3) is 0.659. The predicted molar refractivity (Wildman–Crippen MR) is 220 cm³/mol. The van der Waals surface area contributed by atoms with Gasteiger partial charge in [0.15, 0.2) is 16.6 Å². The maximum absolute atomic E-state index is 14.1. The summed E-state index contributed by atoms with van der Waals surface area (Å²) < 4.78 is 40.1. The number of rotatable bonds is 15. The molecule has 7 nitrogen and oxygen atoms in total. The first-order valence-electron chi connectivity index (χ1n) is 20.1. The molecule has 2 aliphatic rings. The minimum absolute atomic E-state index is 0.0127. The molecule has 53 heavy (non-hydrogen) atoms. The number of furan rings is 1. The third-order valence-corrected chi connectivity index (χ3v) is 21.5. The Hall–Kier alpha value is -2.44. The Bertz CT molecular complexity index is 1720. The molecule has 0 aliphatic carbocycles. The topological polar surface area (TPSA) is 79.7 Å². The van der Waals surface area contributed by atoms with Gasteiger partial charge in [-0.05, 0) is 78.6 Å². The van der Waals surface area contributed by atoms with Gasteiger partial charge in [-0.25, -0.2) is 4.79 Å². The van der Waals surface area contributed by atoms with Crippen LogP contribution in [0.2, 0.25) is 36.3 Å². The summed E-state index contributed by atoms with van der Waals surface area (Å²) in [6, 6.07) is 12.6. The monoisotopic (exact) mass is 764 g/mol. The van der Waals surface area contributed by atoms with Gasteiger partial charge in [-0.3, -0.25) is 0 Å². The molecule has 2 fully saturated rings. The molecule has 1 aromatic heterocycles. The van der Waals surface area contributed by atoms with E-state index in [1.807, 2.05) is 24.5 Å². The van der Waals surface area contributed by atoms with Crippen molar-refractivity contribution in [1.29, 1.82) is 0 Å². The summed E-state index contributed by atoms with van der Waals surface area (Å²) in [7, 11) is -4.38. The molecule has 0 N–H and O–H groups in total. The fourth-order valence-electron chi connectivity index (χ4n) is 7.30. The standard InChI is InChI=1S/C44H68O7Si2/c1-15-20-32(36-25-38(51-53(13,14)43(8,9)10)44(41(45)49-36)37(16-2)50-44)34-27-47-40-33(34)24-31(23-29(3)4)39(46-26-30-21-18-17-19-22-30)35(40)28-48-52(11,12)42(5,6)7/h17-19,21-22,24,27,29,32,36-38H,15-16,20,23,25-26,28H2,1-14H3/t32-,36?,37-,38?,44+/m0/s1. The maximum Gasteiger partial charge on any atom is 0.344 e. The largest absolute Gasteiger partial charge is 0.488 e. The lowest BCUT2D eigenvalue weighted by atomic mass is 9.81. The van der Waals surface area contributed by atoms with Crippen molar-refractivity contribution in [3.05, 3.63) is 64.9 Å². The molecule has 5 rings (SSSR count). The Kier molecular flexibility index (Phi) is 12.3. The van der Waals surface area contributed by atoms with Gasteiger partial charge in [0.2, 0.25) is 5.60 Å². The molecule has 0 saturated carbocycles. The van der Waals surface area contributed by atoms with Gasteiger partial charge in [-0.2, -0.15) is 0 Å². The number of ether oxygens (including phenoxy) is 3. The van der Waals surface area contributed by atoms with Crippen molar-refractivity contribution in [3.63, 3.8) is 0 Å². The first kappa shape index (κ1) is 41.7. The van der Waals surface area contributed by atoms with Crippen LogP contribution in [0.25, 0.3) is 11.0 Å². The lowest BCUT2D eigenvalue weighted by Gasteiger charge is -2.44. The van der Waals surface area contributed by atoms with Crippen molar-refractivity contribution < 1.29 is 32.3 Å². The van der Waals surface area contributed by atoms with Gasteiger partial charge in [-0.1, -0.05) is 106 Å². The zero-order chi connectivity index (χ0) is 39.1. The molecule has 3 aromatic rings. The Morgan fingerprint density at radius 3 is 2.17 bits per heavy atom. The number of carbonyl (C=O) groups is 1. The van der Waals surface area contributed by atoms with Crippen LogP contribution in [0.3, 0.4) is 0 Å². The summed E-state index contributed by atoms with van der Waals surface area (Å²) in [6.45, 7) is 32.2. The molecule has 2 unspecified atom stereocenters. The number of esters is 1. The second kappa shape index (κ2) is 15.6. The number of carbonyl (C=O) groups excluding carboxylic acids is 1. The third-order valence-electron chi connectivity index (χ3n) is 12.6. The van der Waals surface area contributed by atoms with Gasteiger partial charge in [0.25, 0.3) is 0 Å². The van der Waals surface area contributed by atoms with Crippen molar-refractivity contribution in [2.24, 2.45) is 5.92 Å². The first-order valence-corrected chi connectivity index (χ1v) is 25.9. The molecule has 9 heteroatoms. The number of cyclic esters (lactones) is 1. The van der Waals surface area contributed by atoms with E-state index in [0.29, 0.717) is 25.6 Å². The molecular weight excluding hydrogens is 697 g/mol. The number of benzene rings is 2. The summed E-state index contributed by atoms with van der Waals surface area (Å²) in [5, 5.41) is 1.08. The lowest BCUT2D eigenvalue weighted by Crippen LogP contribution is -2.57. The molecule has 5 atom stereocenters. The third kappa shape index (κ3) is 8.54. The summed E-state index contributed by atoms with van der Waals surface area (Å²) >= 11 is 0. The quantitative estimate of drug-likeness (QED) is 0.0866. The summed E-state index contributed by atoms with van der Waals surface area (Å²) in [6.07, 6.45) is 4.93. The highest BCUT2D eigenvalue weighted by molar-refractivity contribution is 6.74. The molecule has 1 spiro atoms. The van der Waals surface area contributed by atoms with E-state index in [1.165, 1.54) is 0 Å². The van der Waals surface area contributed by atoms with Gasteiger partial charge in [0.05, 0.1) is 24.5 Å². The van der Waals surface area contributed by atoms with Crippen LogP contribution >= 0.6 is 0 Å². The van der Waals surface area contributed by atoms with Gasteiger partial charge >= 0.3 is 5.97 Å². The SMILES string of the molecule is CCC[C@@H](c1coc2c(CO[Si](C)(C)C(C)(C)C)c(OCc3ccccc3)c(CC(C)C)cc12)C1CC(O[Si](C)(C)C(C)(C)C)[C@@]2(O[C@H]2CC)C(=O)O1. The molecule has 2 aromatic carbocycles. The summed E-state index contributed by atoms with van der Waals surface area (Å²) in [5.74, 6) is 0.895. The van der Waals surface area contributed by atoms with E-state index in [2.05, 4.69) is 114 Å². The Labute approximate surface area is 322 Å². The number of epoxide rings is 1. The molecule has 2 aliphatic heterocycles. The molecule has 0 radical (unpaired) electrons. The molecule has 0 amide bonds. The Balaban J connectivity index is 1.61. The number of fused-ring (bicyclic) bond motifs is 1. The van der Waals surface area contributed by atoms with Crippen LogP contribution in [0.1, 0.15) is 123 Å². The smallest absolute Gasteiger partial charge is 0.344 e. The Morgan fingerprint density at radius 2 is 1.60 bits per heavy atom. The molecule has 3 heterocycles. The van der Waals surface area contributed by atoms with E-state index in [1.54, 1.807) is 0 Å². The van der Waals surface area contributed by atoms with Gasteiger partial charge in [0, 0.05) is 23.3 Å². The number of hydrogen-bond acceptors (Lipinski definition) is 7. The normalized spacial score (nSPS) is 23.2. The molecule has 2 saturated heterocycles. The highest BCUT2D eigenvalue weighted by Gasteiger charge is 2.71. The van der Waals surface area contributed by atoms with E-state index in [4.69, 9.17) is 27.5 Å². The molecule has 0 bridgehead atoms. The fourth-order valence-corrected chi connectivity index (χ4v) is 9.58. The highest BCUT2D eigenvalue weighted by atomic mass is 28.4. The van der Waals surface area contributed by atoms with Gasteiger partial charge in [-0.15, -0.1) is 0 Å². The van der Waals surface area contributed by atoms with E-state index < -0.39 is 22.2 Å². The minimum atomic E-state index is -2.24. The van der Waals surface area contributed by atoms with E-state index in [0.717, 1.165) is 64.7 Å².